The van der Waals surface area contributed by atoms with E-state index in [2.05, 4.69) is 44.8 Å². The van der Waals surface area contributed by atoms with Gasteiger partial charge in [0.1, 0.15) is 6.61 Å². The van der Waals surface area contributed by atoms with E-state index in [4.69, 9.17) is 4.74 Å². The number of rotatable bonds is 14. The molecule has 1 fully saturated rings. The van der Waals surface area contributed by atoms with Crippen molar-refractivity contribution in [3.05, 3.63) is 35.4 Å². The van der Waals surface area contributed by atoms with Gasteiger partial charge < -0.3 is 15.0 Å². The molecule has 0 radical (unpaired) electrons. The molecule has 8 nitrogen and oxygen atoms in total. The number of nitrogens with zero attached hydrogens (tertiary/aromatic N) is 3. The molecule has 1 aromatic rings. The van der Waals surface area contributed by atoms with Crippen LogP contribution in [0.15, 0.2) is 24.3 Å². The summed E-state index contributed by atoms with van der Waals surface area (Å²) in [5.41, 5.74) is 1.35. The number of urea groups is 1. The number of nitrogens with one attached hydrogen (secondary N) is 1. The van der Waals surface area contributed by atoms with Gasteiger partial charge in [0.25, 0.3) is 0 Å². The van der Waals surface area contributed by atoms with Crippen molar-refractivity contribution >= 4 is 17.8 Å². The first-order valence-electron chi connectivity index (χ1n) is 14.2. The topological polar surface area (TPSA) is 82.2 Å². The van der Waals surface area contributed by atoms with Gasteiger partial charge in [-0.05, 0) is 59.4 Å². The van der Waals surface area contributed by atoms with Crippen molar-refractivity contribution in [2.75, 3.05) is 26.7 Å². The van der Waals surface area contributed by atoms with Crippen LogP contribution in [0, 0.1) is 12.3 Å². The molecule has 214 valence electrons. The highest BCUT2D eigenvalue weighted by Crippen LogP contribution is 2.46. The molecule has 2 atom stereocenters. The van der Waals surface area contributed by atoms with E-state index >= 15 is 0 Å². The number of ether oxygens (including phenoxy) is 1. The van der Waals surface area contributed by atoms with Gasteiger partial charge in [-0.25, -0.2) is 9.69 Å². The summed E-state index contributed by atoms with van der Waals surface area (Å²) in [6.45, 7) is 17.7. The minimum Gasteiger partial charge on any atom is -0.347 e. The van der Waals surface area contributed by atoms with Crippen LogP contribution in [-0.4, -0.2) is 77.6 Å². The predicted molar refractivity (Wildman–Crippen MR) is 152 cm³/mol. The van der Waals surface area contributed by atoms with Crippen molar-refractivity contribution < 1.29 is 19.1 Å². The molecule has 4 amide bonds. The zero-order chi connectivity index (χ0) is 28.6. The van der Waals surface area contributed by atoms with Gasteiger partial charge in [-0.2, -0.15) is 0 Å². The summed E-state index contributed by atoms with van der Waals surface area (Å²) in [5.74, 6) is -0.406. The van der Waals surface area contributed by atoms with Crippen LogP contribution in [0.2, 0.25) is 0 Å². The van der Waals surface area contributed by atoms with Crippen molar-refractivity contribution in [1.29, 1.82) is 0 Å². The number of hydrogen-bond donors (Lipinski definition) is 1. The molecule has 0 aliphatic carbocycles. The number of hydrogen-bond acceptors (Lipinski definition) is 5. The van der Waals surface area contributed by atoms with Crippen LogP contribution >= 0.6 is 0 Å². The molecule has 1 saturated heterocycles. The van der Waals surface area contributed by atoms with Crippen molar-refractivity contribution in [3.63, 3.8) is 0 Å². The van der Waals surface area contributed by atoms with E-state index in [9.17, 15) is 14.4 Å². The standard InChI is InChI=1S/C30H50N4O4/c1-10-13-25(24-16-14-23(8)15-17-24)31-29(37)34-27(36)30(11-2,12-3)28(34)38-20-26(35)32(9)18-19-33(21(4)5)22(6)7/h14-17,21-22,25,28H,10-13,18-20H2,1-9H3,(H,31,37). The summed E-state index contributed by atoms with van der Waals surface area (Å²) in [7, 11) is 1.77. The average molecular weight is 531 g/mol. The second-order valence-electron chi connectivity index (χ2n) is 11.1. The van der Waals surface area contributed by atoms with E-state index in [-0.39, 0.29) is 24.5 Å². The molecule has 1 heterocycles. The first-order chi connectivity index (χ1) is 17.9. The van der Waals surface area contributed by atoms with Gasteiger partial charge in [-0.3, -0.25) is 14.5 Å². The molecule has 8 heteroatoms. The fraction of sp³-hybridized carbons (Fsp3) is 0.700. The smallest absolute Gasteiger partial charge is 0.326 e. The molecule has 2 rings (SSSR count). The Bertz CT molecular complexity index is 919. The summed E-state index contributed by atoms with van der Waals surface area (Å²) >= 11 is 0. The normalized spacial score (nSPS) is 17.6. The fourth-order valence-corrected chi connectivity index (χ4v) is 5.36. The zero-order valence-electron chi connectivity index (χ0n) is 25.0. The number of benzene rings is 1. The predicted octanol–water partition coefficient (Wildman–Crippen LogP) is 5.11. The number of likely N-dealkylation sites (tertiary alicyclic amines) is 1. The average Bonchev–Trinajstić information content (AvgIpc) is 2.86. The number of β-lactam (4-membered cyclic amide) rings is 1. The SMILES string of the molecule is CCCC(NC(=O)N1C(=O)C(CC)(CC)C1OCC(=O)N(C)CCN(C(C)C)C(C)C)c1ccc(C)cc1. The first kappa shape index (κ1) is 31.8. The maximum Gasteiger partial charge on any atom is 0.326 e. The number of likely N-dealkylation sites (N-methyl/N-ethyl adjacent to an activating group) is 1. The highest BCUT2D eigenvalue weighted by atomic mass is 16.5. The molecule has 2 unspecified atom stereocenters. The highest BCUT2D eigenvalue weighted by molar-refractivity contribution is 6.03. The fourth-order valence-electron chi connectivity index (χ4n) is 5.36. The monoisotopic (exact) mass is 530 g/mol. The number of carbonyl (C=O) groups excluding carboxylic acids is 3. The van der Waals surface area contributed by atoms with Gasteiger partial charge in [-0.1, -0.05) is 57.0 Å². The Morgan fingerprint density at radius 1 is 1.03 bits per heavy atom. The lowest BCUT2D eigenvalue weighted by atomic mass is 9.72. The number of imide groups is 1. The van der Waals surface area contributed by atoms with E-state index in [1.165, 1.54) is 4.90 Å². The van der Waals surface area contributed by atoms with Gasteiger partial charge in [-0.15, -0.1) is 0 Å². The molecule has 1 aromatic carbocycles. The van der Waals surface area contributed by atoms with Gasteiger partial charge in [0, 0.05) is 32.2 Å². The van der Waals surface area contributed by atoms with E-state index in [1.807, 2.05) is 45.0 Å². The Hall–Kier alpha value is -2.45. The van der Waals surface area contributed by atoms with Crippen LogP contribution in [-0.2, 0) is 14.3 Å². The van der Waals surface area contributed by atoms with Crippen LogP contribution in [0.1, 0.15) is 91.3 Å². The van der Waals surface area contributed by atoms with Gasteiger partial charge in [0.15, 0.2) is 6.23 Å². The lowest BCUT2D eigenvalue weighted by Crippen LogP contribution is -2.72. The molecule has 0 spiro atoms. The van der Waals surface area contributed by atoms with Crippen LogP contribution in [0.3, 0.4) is 0 Å². The van der Waals surface area contributed by atoms with E-state index in [0.717, 1.165) is 30.5 Å². The minimum absolute atomic E-state index is 0.165. The zero-order valence-corrected chi connectivity index (χ0v) is 25.0. The second-order valence-corrected chi connectivity index (χ2v) is 11.1. The summed E-state index contributed by atoms with van der Waals surface area (Å²) in [5, 5.41) is 3.05. The van der Waals surface area contributed by atoms with Crippen LogP contribution < -0.4 is 5.32 Å². The second kappa shape index (κ2) is 14.1. The molecular weight excluding hydrogens is 480 g/mol. The van der Waals surface area contributed by atoms with Crippen LogP contribution in [0.4, 0.5) is 4.79 Å². The Kier molecular flexibility index (Phi) is 11.8. The Labute approximate surface area is 230 Å². The Morgan fingerprint density at radius 2 is 1.61 bits per heavy atom. The van der Waals surface area contributed by atoms with E-state index in [0.29, 0.717) is 31.5 Å². The Morgan fingerprint density at radius 3 is 2.11 bits per heavy atom. The summed E-state index contributed by atoms with van der Waals surface area (Å²) < 4.78 is 6.07. The summed E-state index contributed by atoms with van der Waals surface area (Å²) in [6, 6.07) is 8.15. The molecular formula is C30H50N4O4. The molecule has 0 bridgehead atoms. The van der Waals surface area contributed by atoms with Crippen molar-refractivity contribution in [2.45, 2.75) is 105 Å². The van der Waals surface area contributed by atoms with Crippen LogP contribution in [0.5, 0.6) is 0 Å². The van der Waals surface area contributed by atoms with Crippen LogP contribution in [0.25, 0.3) is 0 Å². The molecule has 0 aromatic heterocycles. The number of aryl methyl sites for hydroxylation is 1. The lowest BCUT2D eigenvalue weighted by molar-refractivity contribution is -0.211. The van der Waals surface area contributed by atoms with Crippen molar-refractivity contribution in [1.82, 2.24) is 20.0 Å². The molecule has 1 aliphatic rings. The lowest BCUT2D eigenvalue weighted by Gasteiger charge is -2.53. The summed E-state index contributed by atoms with van der Waals surface area (Å²) in [4.78, 5) is 44.8. The quantitative estimate of drug-likeness (QED) is 0.338. The first-order valence-corrected chi connectivity index (χ1v) is 14.2. The van der Waals surface area contributed by atoms with Crippen molar-refractivity contribution in [3.8, 4) is 0 Å². The van der Waals surface area contributed by atoms with Gasteiger partial charge >= 0.3 is 6.03 Å². The molecule has 1 aliphatic heterocycles. The number of carbonyl (C=O) groups is 3. The third-order valence-corrected chi connectivity index (χ3v) is 8.00. The van der Waals surface area contributed by atoms with Gasteiger partial charge in [0.05, 0.1) is 11.5 Å². The van der Waals surface area contributed by atoms with Crippen molar-refractivity contribution in [2.24, 2.45) is 5.41 Å². The third kappa shape index (κ3) is 7.14. The Balaban J connectivity index is 2.10. The third-order valence-electron chi connectivity index (χ3n) is 8.00. The van der Waals surface area contributed by atoms with E-state index < -0.39 is 17.7 Å². The van der Waals surface area contributed by atoms with Gasteiger partial charge in [0.2, 0.25) is 11.8 Å². The number of amides is 4. The minimum atomic E-state index is -0.799. The summed E-state index contributed by atoms with van der Waals surface area (Å²) in [6.07, 6.45) is 1.93. The molecule has 1 N–H and O–H groups in total. The molecule has 38 heavy (non-hydrogen) atoms. The molecule has 0 saturated carbocycles. The largest absolute Gasteiger partial charge is 0.347 e. The maximum atomic E-state index is 13.4. The van der Waals surface area contributed by atoms with E-state index in [1.54, 1.807) is 11.9 Å². The maximum absolute atomic E-state index is 13.4. The highest BCUT2D eigenvalue weighted by Gasteiger charge is 2.62.